The van der Waals surface area contributed by atoms with Crippen LogP contribution in [0.3, 0.4) is 0 Å². The van der Waals surface area contributed by atoms with Crippen LogP contribution in [0.4, 0.5) is 5.69 Å². The van der Waals surface area contributed by atoms with Gasteiger partial charge in [0.2, 0.25) is 5.91 Å². The first-order valence-electron chi connectivity index (χ1n) is 8.03. The summed E-state index contributed by atoms with van der Waals surface area (Å²) in [6.45, 7) is 0.741. The molecule has 3 heterocycles. The summed E-state index contributed by atoms with van der Waals surface area (Å²) < 4.78 is 0. The van der Waals surface area contributed by atoms with E-state index >= 15 is 0 Å². The number of piperidine rings is 1. The van der Waals surface area contributed by atoms with Crippen molar-refractivity contribution in [3.63, 3.8) is 0 Å². The highest BCUT2D eigenvalue weighted by molar-refractivity contribution is 6.06. The second kappa shape index (κ2) is 5.44. The topological polar surface area (TPSA) is 115 Å². The summed E-state index contributed by atoms with van der Waals surface area (Å²) in [6.07, 6.45) is 0.990. The number of rotatable bonds is 1. The summed E-state index contributed by atoms with van der Waals surface area (Å²) in [5.74, 6) is -0.449. The van der Waals surface area contributed by atoms with Gasteiger partial charge in [0.1, 0.15) is 5.69 Å². The van der Waals surface area contributed by atoms with Crippen LogP contribution >= 0.6 is 0 Å². The van der Waals surface area contributed by atoms with Crippen molar-refractivity contribution in [2.45, 2.75) is 18.3 Å². The van der Waals surface area contributed by atoms with Crippen molar-refractivity contribution >= 4 is 17.5 Å². The van der Waals surface area contributed by atoms with Gasteiger partial charge in [0.05, 0.1) is 5.41 Å². The Balaban J connectivity index is 1.58. The number of nitrogens with zero attached hydrogens (tertiary/aromatic N) is 1. The molecule has 1 aromatic heterocycles. The molecular weight excluding hydrogens is 324 g/mol. The number of nitrogens with one attached hydrogen (secondary N) is 3. The molecule has 4 rings (SSSR count). The number of likely N-dealkylation sites (tertiary alicyclic amines) is 1. The smallest absolute Gasteiger partial charge is 0.326 e. The molecule has 2 amide bonds. The van der Waals surface area contributed by atoms with Crippen molar-refractivity contribution in [2.24, 2.45) is 0 Å². The first-order chi connectivity index (χ1) is 12.0. The lowest BCUT2D eigenvalue weighted by Crippen LogP contribution is -2.48. The van der Waals surface area contributed by atoms with Crippen LogP contribution in [0.5, 0.6) is 0 Å². The number of fused-ring (bicyclic) bond motifs is 2. The Morgan fingerprint density at radius 1 is 1.04 bits per heavy atom. The van der Waals surface area contributed by atoms with Gasteiger partial charge >= 0.3 is 5.69 Å². The third kappa shape index (κ3) is 2.37. The molecule has 0 saturated carbocycles. The van der Waals surface area contributed by atoms with Gasteiger partial charge in [0.25, 0.3) is 11.5 Å². The number of benzene rings is 1. The molecule has 0 aliphatic carbocycles. The average Bonchev–Trinajstić information content (AvgIpc) is 2.86. The number of aromatic nitrogens is 2. The highest BCUT2D eigenvalue weighted by Gasteiger charge is 2.48. The maximum atomic E-state index is 12.5. The average molecular weight is 340 g/mol. The Morgan fingerprint density at radius 3 is 2.48 bits per heavy atom. The van der Waals surface area contributed by atoms with Crippen LogP contribution in [-0.2, 0) is 10.2 Å². The number of carbonyl (C=O) groups excluding carboxylic acids is 2. The van der Waals surface area contributed by atoms with Crippen molar-refractivity contribution in [1.82, 2.24) is 14.9 Å². The third-order valence-corrected chi connectivity index (χ3v) is 5.02. The number of hydrogen-bond acceptors (Lipinski definition) is 4. The van der Waals surface area contributed by atoms with Gasteiger partial charge in [-0.15, -0.1) is 0 Å². The van der Waals surface area contributed by atoms with Gasteiger partial charge in [-0.3, -0.25) is 19.4 Å². The van der Waals surface area contributed by atoms with Crippen LogP contribution in [0.1, 0.15) is 28.9 Å². The normalized spacial score (nSPS) is 18.1. The van der Waals surface area contributed by atoms with Crippen LogP contribution in [0.15, 0.2) is 39.9 Å². The predicted octanol–water partition coefficient (Wildman–Crippen LogP) is 0.189. The van der Waals surface area contributed by atoms with E-state index in [1.54, 1.807) is 4.90 Å². The summed E-state index contributed by atoms with van der Waals surface area (Å²) in [6, 6.07) is 8.67. The van der Waals surface area contributed by atoms with Crippen molar-refractivity contribution in [2.75, 3.05) is 18.4 Å². The maximum Gasteiger partial charge on any atom is 0.326 e. The van der Waals surface area contributed by atoms with Gasteiger partial charge < -0.3 is 15.2 Å². The fraction of sp³-hybridized carbons (Fsp3) is 0.294. The monoisotopic (exact) mass is 340 g/mol. The maximum absolute atomic E-state index is 12.5. The zero-order chi connectivity index (χ0) is 17.6. The first kappa shape index (κ1) is 15.4. The van der Waals surface area contributed by atoms with Gasteiger partial charge in [-0.05, 0) is 24.5 Å². The number of carbonyl (C=O) groups is 2. The number of H-pyrrole nitrogens is 2. The van der Waals surface area contributed by atoms with E-state index in [-0.39, 0.29) is 11.6 Å². The SMILES string of the molecule is O=C(c1cc(=O)[nH]c(=O)[nH]1)N1CCC2(CC1)C(=O)Nc1ccccc12. The fourth-order valence-corrected chi connectivity index (χ4v) is 3.72. The van der Waals surface area contributed by atoms with Gasteiger partial charge in [0, 0.05) is 24.8 Å². The molecule has 128 valence electrons. The largest absolute Gasteiger partial charge is 0.337 e. The standard InChI is InChI=1S/C17H16N4O4/c22-13-9-12(19-16(25)20-13)14(23)21-7-5-17(6-8-21)10-3-1-2-4-11(10)18-15(17)24/h1-4,9H,5-8H2,(H,18,24)(H2,19,20,22,25). The fourth-order valence-electron chi connectivity index (χ4n) is 3.72. The molecule has 0 radical (unpaired) electrons. The van der Waals surface area contributed by atoms with Gasteiger partial charge in [-0.25, -0.2) is 4.79 Å². The van der Waals surface area contributed by atoms with Gasteiger partial charge in [-0.1, -0.05) is 18.2 Å². The predicted molar refractivity (Wildman–Crippen MR) is 89.6 cm³/mol. The number of hydrogen-bond donors (Lipinski definition) is 3. The van der Waals surface area contributed by atoms with E-state index in [1.165, 1.54) is 0 Å². The Kier molecular flexibility index (Phi) is 3.34. The molecule has 3 N–H and O–H groups in total. The molecule has 1 saturated heterocycles. The van der Waals surface area contributed by atoms with Crippen LogP contribution in [-0.4, -0.2) is 39.8 Å². The molecule has 8 nitrogen and oxygen atoms in total. The van der Waals surface area contributed by atoms with Crippen molar-refractivity contribution in [1.29, 1.82) is 0 Å². The number of amides is 2. The minimum absolute atomic E-state index is 0.0367. The van der Waals surface area contributed by atoms with Crippen molar-refractivity contribution in [3.05, 3.63) is 62.4 Å². The van der Waals surface area contributed by atoms with Gasteiger partial charge in [-0.2, -0.15) is 0 Å². The minimum atomic E-state index is -0.714. The highest BCUT2D eigenvalue weighted by Crippen LogP contribution is 2.44. The molecule has 2 aliphatic rings. The molecule has 0 atom stereocenters. The molecular formula is C17H16N4O4. The van der Waals surface area contributed by atoms with E-state index in [9.17, 15) is 19.2 Å². The molecule has 1 fully saturated rings. The van der Waals surface area contributed by atoms with E-state index < -0.39 is 22.6 Å². The van der Waals surface area contributed by atoms with Crippen molar-refractivity contribution < 1.29 is 9.59 Å². The van der Waals surface area contributed by atoms with Gasteiger partial charge in [0.15, 0.2) is 0 Å². The molecule has 0 bridgehead atoms. The molecule has 1 aromatic carbocycles. The summed E-state index contributed by atoms with van der Waals surface area (Å²) in [5, 5.41) is 2.91. The Labute approximate surface area is 141 Å². The van der Waals surface area contributed by atoms with E-state index in [2.05, 4.69) is 10.3 Å². The lowest BCUT2D eigenvalue weighted by Gasteiger charge is -2.37. The summed E-state index contributed by atoms with van der Waals surface area (Å²) in [5.41, 5.74) is -0.198. The number of para-hydroxylation sites is 1. The quantitative estimate of drug-likeness (QED) is 0.687. The van der Waals surface area contributed by atoms with Crippen molar-refractivity contribution in [3.8, 4) is 0 Å². The summed E-state index contributed by atoms with van der Waals surface area (Å²) >= 11 is 0. The lowest BCUT2D eigenvalue weighted by molar-refractivity contribution is -0.122. The van der Waals surface area contributed by atoms with E-state index in [0.29, 0.717) is 25.9 Å². The van der Waals surface area contributed by atoms with Crippen LogP contribution in [0.25, 0.3) is 0 Å². The Morgan fingerprint density at radius 2 is 1.76 bits per heavy atom. The summed E-state index contributed by atoms with van der Waals surface area (Å²) in [7, 11) is 0. The molecule has 25 heavy (non-hydrogen) atoms. The number of anilines is 1. The first-order valence-corrected chi connectivity index (χ1v) is 8.03. The van der Waals surface area contributed by atoms with Crippen LogP contribution in [0, 0.1) is 0 Å². The zero-order valence-electron chi connectivity index (χ0n) is 13.3. The molecule has 2 aliphatic heterocycles. The van der Waals surface area contributed by atoms with E-state index in [4.69, 9.17) is 0 Å². The summed E-state index contributed by atoms with van der Waals surface area (Å²) in [4.78, 5) is 53.7. The molecule has 8 heteroatoms. The minimum Gasteiger partial charge on any atom is -0.337 e. The molecule has 1 spiro atoms. The third-order valence-electron chi connectivity index (χ3n) is 5.02. The van der Waals surface area contributed by atoms with E-state index in [1.807, 2.05) is 29.2 Å². The second-order valence-electron chi connectivity index (χ2n) is 6.38. The number of aromatic amines is 2. The highest BCUT2D eigenvalue weighted by atomic mass is 16.2. The Bertz CT molecular complexity index is 954. The lowest BCUT2D eigenvalue weighted by atomic mass is 9.73. The molecule has 2 aromatic rings. The van der Waals surface area contributed by atoms with Crippen LogP contribution < -0.4 is 16.6 Å². The zero-order valence-corrected chi connectivity index (χ0v) is 13.3. The van der Waals surface area contributed by atoms with Crippen LogP contribution in [0.2, 0.25) is 0 Å². The second-order valence-corrected chi connectivity index (χ2v) is 6.38. The Hall–Kier alpha value is -3.16. The molecule has 0 unspecified atom stereocenters. The van der Waals surface area contributed by atoms with E-state index in [0.717, 1.165) is 17.3 Å².